The van der Waals surface area contributed by atoms with Crippen molar-refractivity contribution in [2.24, 2.45) is 0 Å². The smallest absolute Gasteiger partial charge is 0.337 e. The molecule has 3 rings (SSSR count). The van der Waals surface area contributed by atoms with Crippen LogP contribution in [0.3, 0.4) is 0 Å². The van der Waals surface area contributed by atoms with E-state index in [9.17, 15) is 4.79 Å². The Kier molecular flexibility index (Phi) is 2.34. The Balaban J connectivity index is 2.38. The number of carbonyl (C=O) groups excluding carboxylic acids is 1. The predicted molar refractivity (Wildman–Crippen MR) is 68.5 cm³/mol. The monoisotopic (exact) mass is 260 g/mol. The van der Waals surface area contributed by atoms with Crippen molar-refractivity contribution >= 4 is 45.5 Å². The number of nitrogens with zero attached hydrogens (tertiary/aromatic N) is 3. The molecule has 0 aliphatic carbocycles. The summed E-state index contributed by atoms with van der Waals surface area (Å²) in [6, 6.07) is 5.06. The number of ether oxygens (including phenoxy) is 1. The van der Waals surface area contributed by atoms with Gasteiger partial charge in [-0.15, -0.1) is 0 Å². The lowest BCUT2D eigenvalue weighted by Gasteiger charge is -2.03. The predicted octanol–water partition coefficient (Wildman–Crippen LogP) is 1.61. The number of aromatic nitrogens is 3. The number of esters is 1. The zero-order valence-corrected chi connectivity index (χ0v) is 10.2. The van der Waals surface area contributed by atoms with Gasteiger partial charge in [0.15, 0.2) is 5.82 Å². The van der Waals surface area contributed by atoms with E-state index in [1.165, 1.54) is 7.11 Å². The summed E-state index contributed by atoms with van der Waals surface area (Å²) in [5.74, 6) is -0.0536. The molecule has 0 saturated carbocycles. The molecule has 0 saturated heterocycles. The molecule has 3 aromatic rings. The lowest BCUT2D eigenvalue weighted by atomic mass is 10.1. The number of pyridine rings is 1. The van der Waals surface area contributed by atoms with Gasteiger partial charge in [-0.25, -0.2) is 9.78 Å². The van der Waals surface area contributed by atoms with Gasteiger partial charge in [-0.05, 0) is 18.2 Å². The van der Waals surface area contributed by atoms with E-state index in [1.807, 2.05) is 0 Å². The van der Waals surface area contributed by atoms with Crippen molar-refractivity contribution in [3.63, 3.8) is 0 Å². The molecule has 0 spiro atoms. The van der Waals surface area contributed by atoms with Crippen LogP contribution in [0.25, 0.3) is 21.9 Å². The van der Waals surface area contributed by atoms with Crippen LogP contribution >= 0.6 is 11.7 Å². The first-order valence-electron chi connectivity index (χ1n) is 5.10. The highest BCUT2D eigenvalue weighted by Gasteiger charge is 2.13. The number of anilines is 1. The van der Waals surface area contributed by atoms with Gasteiger partial charge in [-0.1, -0.05) is 0 Å². The van der Waals surface area contributed by atoms with Crippen LogP contribution in [0.4, 0.5) is 5.82 Å². The Hall–Kier alpha value is -2.28. The number of fused-ring (bicyclic) bond motifs is 3. The maximum atomic E-state index is 11.5. The van der Waals surface area contributed by atoms with E-state index < -0.39 is 5.97 Å². The Morgan fingerprint density at radius 1 is 1.33 bits per heavy atom. The largest absolute Gasteiger partial charge is 0.465 e. The molecule has 0 fully saturated rings. The summed E-state index contributed by atoms with van der Waals surface area (Å²) in [6.45, 7) is 0. The van der Waals surface area contributed by atoms with Gasteiger partial charge in [0, 0.05) is 5.39 Å². The second-order valence-corrected chi connectivity index (χ2v) is 4.21. The second-order valence-electron chi connectivity index (χ2n) is 3.68. The molecule has 0 radical (unpaired) electrons. The van der Waals surface area contributed by atoms with Crippen molar-refractivity contribution in [1.82, 2.24) is 13.7 Å². The Morgan fingerprint density at radius 3 is 2.89 bits per heavy atom. The first kappa shape index (κ1) is 10.8. The number of carbonyl (C=O) groups is 1. The summed E-state index contributed by atoms with van der Waals surface area (Å²) in [6.07, 6.45) is 0. The number of rotatable bonds is 1. The highest BCUT2D eigenvalue weighted by Crippen LogP contribution is 2.26. The number of nitrogens with two attached hydrogens (primary N) is 1. The SMILES string of the molecule is COC(=O)c1ccc2nc(N)c3nsnc3c2c1. The van der Waals surface area contributed by atoms with Gasteiger partial charge in [-0.3, -0.25) is 0 Å². The average molecular weight is 260 g/mol. The van der Waals surface area contributed by atoms with E-state index in [0.717, 1.165) is 17.1 Å². The highest BCUT2D eigenvalue weighted by molar-refractivity contribution is 7.00. The van der Waals surface area contributed by atoms with Crippen molar-refractivity contribution < 1.29 is 9.53 Å². The summed E-state index contributed by atoms with van der Waals surface area (Å²) in [5, 5.41) is 0.746. The van der Waals surface area contributed by atoms with Gasteiger partial charge < -0.3 is 10.5 Å². The van der Waals surface area contributed by atoms with Gasteiger partial charge in [0.25, 0.3) is 0 Å². The molecule has 1 aromatic carbocycles. The molecular weight excluding hydrogens is 252 g/mol. The van der Waals surface area contributed by atoms with E-state index in [4.69, 9.17) is 5.73 Å². The molecule has 0 unspecified atom stereocenters. The normalized spacial score (nSPS) is 10.9. The topological polar surface area (TPSA) is 91.0 Å². The lowest BCUT2D eigenvalue weighted by Crippen LogP contribution is -2.01. The third-order valence-electron chi connectivity index (χ3n) is 2.64. The van der Waals surface area contributed by atoms with E-state index in [1.54, 1.807) is 18.2 Å². The van der Waals surface area contributed by atoms with Crippen LogP contribution < -0.4 is 5.73 Å². The van der Waals surface area contributed by atoms with Crippen LogP contribution in [-0.2, 0) is 4.74 Å². The number of methoxy groups -OCH3 is 1. The highest BCUT2D eigenvalue weighted by atomic mass is 32.1. The molecule has 0 aliphatic heterocycles. The molecule has 0 amide bonds. The van der Waals surface area contributed by atoms with Gasteiger partial charge in [0.1, 0.15) is 11.0 Å². The third kappa shape index (κ3) is 1.48. The van der Waals surface area contributed by atoms with E-state index in [-0.39, 0.29) is 0 Å². The number of hydrogen-bond acceptors (Lipinski definition) is 7. The van der Waals surface area contributed by atoms with Gasteiger partial charge in [0.2, 0.25) is 0 Å². The Labute approximate surface area is 106 Å². The number of benzene rings is 1. The summed E-state index contributed by atoms with van der Waals surface area (Å²) in [5.41, 5.74) is 8.15. The Bertz CT molecular complexity index is 768. The van der Waals surface area contributed by atoms with Crippen LogP contribution in [0.5, 0.6) is 0 Å². The van der Waals surface area contributed by atoms with Crippen LogP contribution in [-0.4, -0.2) is 26.8 Å². The summed E-state index contributed by atoms with van der Waals surface area (Å²) in [7, 11) is 1.34. The number of nitrogen functional groups attached to an aromatic ring is 1. The van der Waals surface area contributed by atoms with E-state index >= 15 is 0 Å². The van der Waals surface area contributed by atoms with Gasteiger partial charge >= 0.3 is 5.97 Å². The minimum atomic E-state index is -0.398. The van der Waals surface area contributed by atoms with E-state index in [2.05, 4.69) is 18.5 Å². The maximum Gasteiger partial charge on any atom is 0.337 e. The molecule has 18 heavy (non-hydrogen) atoms. The maximum absolute atomic E-state index is 11.5. The quantitative estimate of drug-likeness (QED) is 0.668. The standard InChI is InChI=1S/C11H8N4O2S/c1-17-11(16)5-2-3-7-6(4-5)8-9(10(12)13-7)15-18-14-8/h2-4H,1H3,(H2,12,13). The lowest BCUT2D eigenvalue weighted by molar-refractivity contribution is 0.0601. The molecule has 0 aliphatic rings. The molecule has 2 heterocycles. The molecular formula is C11H8N4O2S. The second kappa shape index (κ2) is 3.88. The third-order valence-corrected chi connectivity index (χ3v) is 3.17. The van der Waals surface area contributed by atoms with Crippen molar-refractivity contribution in [2.45, 2.75) is 0 Å². The zero-order chi connectivity index (χ0) is 12.7. The molecule has 2 N–H and O–H groups in total. The van der Waals surface area contributed by atoms with E-state index in [0.29, 0.717) is 27.9 Å². The minimum Gasteiger partial charge on any atom is -0.465 e. The summed E-state index contributed by atoms with van der Waals surface area (Å²) >= 11 is 1.07. The zero-order valence-electron chi connectivity index (χ0n) is 9.38. The molecule has 0 atom stereocenters. The summed E-state index contributed by atoms with van der Waals surface area (Å²) < 4.78 is 13.0. The van der Waals surface area contributed by atoms with Crippen molar-refractivity contribution in [3.05, 3.63) is 23.8 Å². The van der Waals surface area contributed by atoms with Crippen LogP contribution in [0, 0.1) is 0 Å². The molecule has 2 aromatic heterocycles. The first-order valence-corrected chi connectivity index (χ1v) is 5.83. The minimum absolute atomic E-state index is 0.345. The molecule has 6 nitrogen and oxygen atoms in total. The van der Waals surface area contributed by atoms with Crippen LogP contribution in [0.2, 0.25) is 0 Å². The van der Waals surface area contributed by atoms with Crippen molar-refractivity contribution in [3.8, 4) is 0 Å². The van der Waals surface area contributed by atoms with Crippen LogP contribution in [0.15, 0.2) is 18.2 Å². The fourth-order valence-electron chi connectivity index (χ4n) is 1.78. The van der Waals surface area contributed by atoms with Crippen molar-refractivity contribution in [2.75, 3.05) is 12.8 Å². The molecule has 90 valence electrons. The van der Waals surface area contributed by atoms with Gasteiger partial charge in [-0.2, -0.15) is 8.75 Å². The van der Waals surface area contributed by atoms with Crippen molar-refractivity contribution in [1.29, 1.82) is 0 Å². The number of hydrogen-bond donors (Lipinski definition) is 1. The fourth-order valence-corrected chi connectivity index (χ4v) is 2.35. The van der Waals surface area contributed by atoms with Crippen LogP contribution in [0.1, 0.15) is 10.4 Å². The molecule has 0 bridgehead atoms. The molecule has 7 heteroatoms. The summed E-state index contributed by atoms with van der Waals surface area (Å²) in [4.78, 5) is 15.7. The van der Waals surface area contributed by atoms with Gasteiger partial charge in [0.05, 0.1) is 29.9 Å². The Morgan fingerprint density at radius 2 is 2.11 bits per heavy atom. The first-order chi connectivity index (χ1) is 8.70. The average Bonchev–Trinajstić information content (AvgIpc) is 2.88. The fraction of sp³-hybridized carbons (Fsp3) is 0.0909.